The smallest absolute Gasteiger partial charge is 0.326 e. The number of carboxylic acid groups (broad SMARTS) is 2. The van der Waals surface area contributed by atoms with Crippen LogP contribution in [0.5, 0.6) is 0 Å². The zero-order valence-corrected chi connectivity index (χ0v) is 11.9. The summed E-state index contributed by atoms with van der Waals surface area (Å²) in [7, 11) is 0. The van der Waals surface area contributed by atoms with E-state index in [4.69, 9.17) is 10.2 Å². The maximum Gasteiger partial charge on any atom is 0.326 e. The van der Waals surface area contributed by atoms with Crippen molar-refractivity contribution in [3.63, 3.8) is 0 Å². The molecule has 8 heteroatoms. The third-order valence-electron chi connectivity index (χ3n) is 2.35. The second-order valence-corrected chi connectivity index (χ2v) is 4.86. The highest BCUT2D eigenvalue weighted by molar-refractivity contribution is 9.10. The van der Waals surface area contributed by atoms with E-state index in [1.807, 2.05) is 0 Å². The third kappa shape index (κ3) is 5.70. The van der Waals surface area contributed by atoms with Gasteiger partial charge >= 0.3 is 18.0 Å². The Balaban J connectivity index is 2.47. The lowest BCUT2D eigenvalue weighted by atomic mass is 10.2. The van der Waals surface area contributed by atoms with Crippen LogP contribution in [0.1, 0.15) is 12.0 Å². The van der Waals surface area contributed by atoms with Crippen molar-refractivity contribution in [2.75, 3.05) is 0 Å². The Bertz CT molecular complexity index is 503. The van der Waals surface area contributed by atoms with Crippen molar-refractivity contribution in [1.82, 2.24) is 10.6 Å². The molecule has 0 aromatic heterocycles. The Hall–Kier alpha value is -2.09. The molecule has 1 atom stereocenters. The number of carbonyl (C=O) groups excluding carboxylic acids is 1. The number of aliphatic carboxylic acids is 2. The van der Waals surface area contributed by atoms with Crippen LogP contribution in [0.15, 0.2) is 28.7 Å². The highest BCUT2D eigenvalue weighted by Crippen LogP contribution is 2.10. The van der Waals surface area contributed by atoms with Crippen LogP contribution < -0.4 is 10.6 Å². The van der Waals surface area contributed by atoms with Crippen LogP contribution in [0.2, 0.25) is 0 Å². The van der Waals surface area contributed by atoms with Crippen LogP contribution >= 0.6 is 15.9 Å². The number of carbonyl (C=O) groups is 3. The molecule has 7 nitrogen and oxygen atoms in total. The molecule has 20 heavy (non-hydrogen) atoms. The monoisotopic (exact) mass is 344 g/mol. The van der Waals surface area contributed by atoms with Crippen molar-refractivity contribution in [3.05, 3.63) is 34.3 Å². The number of amides is 2. The van der Waals surface area contributed by atoms with Crippen molar-refractivity contribution in [2.45, 2.75) is 19.0 Å². The van der Waals surface area contributed by atoms with E-state index in [1.54, 1.807) is 24.3 Å². The van der Waals surface area contributed by atoms with Gasteiger partial charge in [0.25, 0.3) is 0 Å². The lowest BCUT2D eigenvalue weighted by Gasteiger charge is -2.13. The van der Waals surface area contributed by atoms with Crippen LogP contribution in [0.4, 0.5) is 4.79 Å². The average molecular weight is 345 g/mol. The van der Waals surface area contributed by atoms with Crippen molar-refractivity contribution in [2.24, 2.45) is 0 Å². The molecule has 0 saturated carbocycles. The Morgan fingerprint density at radius 3 is 2.25 bits per heavy atom. The number of rotatable bonds is 6. The van der Waals surface area contributed by atoms with Gasteiger partial charge in [-0.1, -0.05) is 28.1 Å². The molecule has 2 amide bonds. The number of hydrogen-bond acceptors (Lipinski definition) is 3. The standard InChI is InChI=1S/C12H13BrN2O5/c13-8-3-1-7(2-4-8)6-14-12(20)15-9(11(18)19)5-10(16)17/h1-4,9H,5-6H2,(H,16,17)(H,18,19)(H2,14,15,20). The van der Waals surface area contributed by atoms with Crippen LogP contribution in [0.3, 0.4) is 0 Å². The molecule has 0 aliphatic rings. The van der Waals surface area contributed by atoms with Gasteiger partial charge in [0.1, 0.15) is 6.04 Å². The number of benzene rings is 1. The Morgan fingerprint density at radius 2 is 1.75 bits per heavy atom. The minimum absolute atomic E-state index is 0.207. The molecule has 1 unspecified atom stereocenters. The fraction of sp³-hybridized carbons (Fsp3) is 0.250. The molecular weight excluding hydrogens is 332 g/mol. The summed E-state index contributed by atoms with van der Waals surface area (Å²) in [4.78, 5) is 32.7. The Kier molecular flexibility index (Phi) is 5.98. The SMILES string of the molecule is O=C(O)CC(NC(=O)NCc1ccc(Br)cc1)C(=O)O. The van der Waals surface area contributed by atoms with Crippen molar-refractivity contribution in [3.8, 4) is 0 Å². The zero-order valence-electron chi connectivity index (χ0n) is 10.3. The quantitative estimate of drug-likeness (QED) is 0.618. The van der Waals surface area contributed by atoms with Crippen LogP contribution in [0.25, 0.3) is 0 Å². The van der Waals surface area contributed by atoms with E-state index in [-0.39, 0.29) is 6.54 Å². The maximum atomic E-state index is 11.5. The molecule has 0 radical (unpaired) electrons. The predicted molar refractivity (Wildman–Crippen MR) is 73.2 cm³/mol. The minimum Gasteiger partial charge on any atom is -0.481 e. The fourth-order valence-electron chi connectivity index (χ4n) is 1.37. The summed E-state index contributed by atoms with van der Waals surface area (Å²) in [6.45, 7) is 0.207. The van der Waals surface area contributed by atoms with Gasteiger partial charge in [-0.05, 0) is 17.7 Å². The van der Waals surface area contributed by atoms with Gasteiger partial charge in [-0.15, -0.1) is 0 Å². The molecule has 0 aliphatic heterocycles. The highest BCUT2D eigenvalue weighted by atomic mass is 79.9. The number of carboxylic acids is 2. The fourth-order valence-corrected chi connectivity index (χ4v) is 1.63. The Morgan fingerprint density at radius 1 is 1.15 bits per heavy atom. The summed E-state index contributed by atoms with van der Waals surface area (Å²) in [6.07, 6.45) is -0.680. The number of hydrogen-bond donors (Lipinski definition) is 4. The van der Waals surface area contributed by atoms with Gasteiger partial charge in [0.05, 0.1) is 6.42 Å². The van der Waals surface area contributed by atoms with E-state index >= 15 is 0 Å². The van der Waals surface area contributed by atoms with E-state index in [0.717, 1.165) is 10.0 Å². The number of nitrogens with one attached hydrogen (secondary N) is 2. The molecular formula is C12H13BrN2O5. The van der Waals surface area contributed by atoms with Gasteiger partial charge < -0.3 is 20.8 Å². The predicted octanol–water partition coefficient (Wildman–Crippen LogP) is 1.18. The molecule has 1 rings (SSSR count). The molecule has 0 heterocycles. The summed E-state index contributed by atoms with van der Waals surface area (Å²) in [6, 6.07) is 4.99. The molecule has 1 aromatic rings. The molecule has 108 valence electrons. The molecule has 0 saturated heterocycles. The molecule has 4 N–H and O–H groups in total. The maximum absolute atomic E-state index is 11.5. The first-order valence-electron chi connectivity index (χ1n) is 5.62. The topological polar surface area (TPSA) is 116 Å². The van der Waals surface area contributed by atoms with Crippen LogP contribution in [-0.4, -0.2) is 34.2 Å². The van der Waals surface area contributed by atoms with E-state index in [2.05, 4.69) is 26.6 Å². The van der Waals surface area contributed by atoms with Crippen LogP contribution in [0, 0.1) is 0 Å². The van der Waals surface area contributed by atoms with E-state index < -0.39 is 30.4 Å². The number of urea groups is 1. The van der Waals surface area contributed by atoms with E-state index in [0.29, 0.717) is 0 Å². The zero-order chi connectivity index (χ0) is 15.1. The summed E-state index contributed by atoms with van der Waals surface area (Å²) in [5, 5.41) is 21.9. The second-order valence-electron chi connectivity index (χ2n) is 3.94. The highest BCUT2D eigenvalue weighted by Gasteiger charge is 2.22. The third-order valence-corrected chi connectivity index (χ3v) is 2.88. The van der Waals surface area contributed by atoms with Gasteiger partial charge in [0, 0.05) is 11.0 Å². The van der Waals surface area contributed by atoms with Gasteiger partial charge in [0.2, 0.25) is 0 Å². The van der Waals surface area contributed by atoms with Gasteiger partial charge in [0.15, 0.2) is 0 Å². The largest absolute Gasteiger partial charge is 0.481 e. The van der Waals surface area contributed by atoms with Gasteiger partial charge in [-0.2, -0.15) is 0 Å². The second kappa shape index (κ2) is 7.49. The van der Waals surface area contributed by atoms with Crippen molar-refractivity contribution >= 4 is 33.9 Å². The lowest BCUT2D eigenvalue weighted by molar-refractivity contribution is -0.145. The molecule has 0 aliphatic carbocycles. The van der Waals surface area contributed by atoms with Gasteiger partial charge in [-0.25, -0.2) is 9.59 Å². The van der Waals surface area contributed by atoms with Crippen molar-refractivity contribution < 1.29 is 24.6 Å². The Labute approximate surface area is 123 Å². The first-order valence-corrected chi connectivity index (χ1v) is 6.41. The van der Waals surface area contributed by atoms with Gasteiger partial charge in [-0.3, -0.25) is 4.79 Å². The molecule has 0 spiro atoms. The summed E-state index contributed by atoms with van der Waals surface area (Å²) in [5.41, 5.74) is 0.827. The van der Waals surface area contributed by atoms with Crippen molar-refractivity contribution in [1.29, 1.82) is 0 Å². The molecule has 1 aromatic carbocycles. The summed E-state index contributed by atoms with van der Waals surface area (Å²) < 4.78 is 0.901. The summed E-state index contributed by atoms with van der Waals surface area (Å²) in [5.74, 6) is -2.70. The molecule has 0 bridgehead atoms. The molecule has 0 fully saturated rings. The lowest BCUT2D eigenvalue weighted by Crippen LogP contribution is -2.46. The normalized spacial score (nSPS) is 11.4. The number of halogens is 1. The van der Waals surface area contributed by atoms with E-state index in [9.17, 15) is 14.4 Å². The summed E-state index contributed by atoms with van der Waals surface area (Å²) >= 11 is 3.28. The minimum atomic E-state index is -1.46. The first-order chi connectivity index (χ1) is 9.38. The van der Waals surface area contributed by atoms with E-state index in [1.165, 1.54) is 0 Å². The van der Waals surface area contributed by atoms with Crippen LogP contribution in [-0.2, 0) is 16.1 Å². The average Bonchev–Trinajstić information content (AvgIpc) is 2.36. The first kappa shape index (κ1) is 16.0.